The largest absolute Gasteiger partial charge is 0.382 e. The highest BCUT2D eigenvalue weighted by atomic mass is 19.1. The molecule has 2 unspecified atom stereocenters. The minimum Gasteiger partial charge on any atom is -0.382 e. The summed E-state index contributed by atoms with van der Waals surface area (Å²) in [6.45, 7) is 4.12. The van der Waals surface area contributed by atoms with Crippen molar-refractivity contribution in [3.63, 3.8) is 0 Å². The van der Waals surface area contributed by atoms with Gasteiger partial charge in [0.1, 0.15) is 5.82 Å². The van der Waals surface area contributed by atoms with Gasteiger partial charge < -0.3 is 5.32 Å². The Hall–Kier alpha value is -1.05. The van der Waals surface area contributed by atoms with Gasteiger partial charge in [-0.2, -0.15) is 0 Å². The molecule has 12 heavy (non-hydrogen) atoms. The summed E-state index contributed by atoms with van der Waals surface area (Å²) in [5.41, 5.74) is 1.79. The molecule has 0 bridgehead atoms. The zero-order valence-corrected chi connectivity index (χ0v) is 7.26. The van der Waals surface area contributed by atoms with E-state index < -0.39 is 0 Å². The van der Waals surface area contributed by atoms with E-state index in [-0.39, 0.29) is 11.7 Å². The SMILES string of the molecule is CC1Nc2cccc(F)c2C1C. The summed E-state index contributed by atoms with van der Waals surface area (Å²) in [6, 6.07) is 5.54. The van der Waals surface area contributed by atoms with E-state index in [0.717, 1.165) is 11.3 Å². The maximum absolute atomic E-state index is 13.3. The molecule has 2 atom stereocenters. The maximum atomic E-state index is 13.3. The highest BCUT2D eigenvalue weighted by Gasteiger charge is 2.27. The molecule has 1 aliphatic heterocycles. The third kappa shape index (κ3) is 0.909. The molecule has 1 aliphatic rings. The van der Waals surface area contributed by atoms with Crippen molar-refractivity contribution in [3.05, 3.63) is 29.6 Å². The van der Waals surface area contributed by atoms with Crippen LogP contribution in [0.4, 0.5) is 10.1 Å². The van der Waals surface area contributed by atoms with Gasteiger partial charge in [-0.05, 0) is 19.1 Å². The predicted molar refractivity (Wildman–Crippen MR) is 47.9 cm³/mol. The Balaban J connectivity index is 2.55. The summed E-state index contributed by atoms with van der Waals surface area (Å²) in [6.07, 6.45) is 0. The molecule has 0 saturated heterocycles. The van der Waals surface area contributed by atoms with Gasteiger partial charge in [0.15, 0.2) is 0 Å². The molecule has 64 valence electrons. The molecule has 1 aromatic carbocycles. The summed E-state index contributed by atoms with van der Waals surface area (Å²) >= 11 is 0. The van der Waals surface area contributed by atoms with E-state index in [9.17, 15) is 4.39 Å². The molecule has 1 nitrogen and oxygen atoms in total. The zero-order chi connectivity index (χ0) is 8.72. The molecule has 0 radical (unpaired) electrons. The lowest BCUT2D eigenvalue weighted by Gasteiger charge is -2.08. The third-order valence-electron chi connectivity index (χ3n) is 2.64. The Morgan fingerprint density at radius 3 is 2.75 bits per heavy atom. The van der Waals surface area contributed by atoms with Gasteiger partial charge in [-0.1, -0.05) is 13.0 Å². The third-order valence-corrected chi connectivity index (χ3v) is 2.64. The fourth-order valence-electron chi connectivity index (χ4n) is 1.75. The molecular weight excluding hydrogens is 153 g/mol. The van der Waals surface area contributed by atoms with Crippen LogP contribution in [0.1, 0.15) is 25.3 Å². The minimum absolute atomic E-state index is 0.0862. The van der Waals surface area contributed by atoms with Gasteiger partial charge >= 0.3 is 0 Å². The predicted octanol–water partition coefficient (Wildman–Crippen LogP) is 2.74. The van der Waals surface area contributed by atoms with Crippen molar-refractivity contribution in [2.45, 2.75) is 25.8 Å². The molecule has 0 saturated carbocycles. The second-order valence-electron chi connectivity index (χ2n) is 3.42. The van der Waals surface area contributed by atoms with Gasteiger partial charge in [0.2, 0.25) is 0 Å². The molecule has 1 N–H and O–H groups in total. The molecule has 2 heteroatoms. The summed E-state index contributed by atoms with van der Waals surface area (Å²) in [4.78, 5) is 0. The van der Waals surface area contributed by atoms with Crippen LogP contribution < -0.4 is 5.32 Å². The van der Waals surface area contributed by atoms with E-state index in [2.05, 4.69) is 12.2 Å². The van der Waals surface area contributed by atoms with E-state index in [1.807, 2.05) is 13.0 Å². The van der Waals surface area contributed by atoms with Crippen LogP contribution in [0.3, 0.4) is 0 Å². The van der Waals surface area contributed by atoms with Crippen LogP contribution in [0.5, 0.6) is 0 Å². The van der Waals surface area contributed by atoms with Crippen molar-refractivity contribution in [1.29, 1.82) is 0 Å². The number of hydrogen-bond acceptors (Lipinski definition) is 1. The van der Waals surface area contributed by atoms with Crippen LogP contribution >= 0.6 is 0 Å². The molecule has 1 heterocycles. The maximum Gasteiger partial charge on any atom is 0.128 e. The number of nitrogens with one attached hydrogen (secondary N) is 1. The molecule has 0 fully saturated rings. The van der Waals surface area contributed by atoms with E-state index in [0.29, 0.717) is 6.04 Å². The quantitative estimate of drug-likeness (QED) is 0.623. The zero-order valence-electron chi connectivity index (χ0n) is 7.26. The molecule has 1 aromatic rings. The van der Waals surface area contributed by atoms with Crippen molar-refractivity contribution < 1.29 is 4.39 Å². The minimum atomic E-state index is -0.0862. The standard InChI is InChI=1S/C10H12FN/c1-6-7(2)12-9-5-3-4-8(11)10(6)9/h3-7,12H,1-2H3. The first kappa shape index (κ1) is 7.59. The summed E-state index contributed by atoms with van der Waals surface area (Å²) in [5.74, 6) is 0.193. The highest BCUT2D eigenvalue weighted by Crippen LogP contribution is 2.36. The van der Waals surface area contributed by atoms with Crippen molar-refractivity contribution in [2.24, 2.45) is 0 Å². The smallest absolute Gasteiger partial charge is 0.128 e. The second kappa shape index (κ2) is 2.47. The first-order valence-electron chi connectivity index (χ1n) is 4.25. The molecular formula is C10H12FN. The summed E-state index contributed by atoms with van der Waals surface area (Å²) in [7, 11) is 0. The van der Waals surface area contributed by atoms with Crippen molar-refractivity contribution in [1.82, 2.24) is 0 Å². The average Bonchev–Trinajstić information content (AvgIpc) is 2.29. The van der Waals surface area contributed by atoms with E-state index >= 15 is 0 Å². The molecule has 0 aromatic heterocycles. The van der Waals surface area contributed by atoms with E-state index in [4.69, 9.17) is 0 Å². The fraction of sp³-hybridized carbons (Fsp3) is 0.400. The number of anilines is 1. The first-order valence-corrected chi connectivity index (χ1v) is 4.25. The second-order valence-corrected chi connectivity index (χ2v) is 3.42. The lowest BCUT2D eigenvalue weighted by atomic mass is 9.98. The monoisotopic (exact) mass is 165 g/mol. The number of hydrogen-bond donors (Lipinski definition) is 1. The Labute approximate surface area is 71.6 Å². The lowest BCUT2D eigenvalue weighted by molar-refractivity contribution is 0.585. The Morgan fingerprint density at radius 2 is 2.08 bits per heavy atom. The number of halogens is 1. The Bertz CT molecular complexity index is 309. The van der Waals surface area contributed by atoms with Crippen molar-refractivity contribution in [2.75, 3.05) is 5.32 Å². The van der Waals surface area contributed by atoms with Gasteiger partial charge in [-0.15, -0.1) is 0 Å². The molecule has 0 amide bonds. The number of benzene rings is 1. The molecule has 0 aliphatic carbocycles. The number of fused-ring (bicyclic) bond motifs is 1. The van der Waals surface area contributed by atoms with Crippen LogP contribution in [0, 0.1) is 5.82 Å². The Kier molecular flexibility index (Phi) is 1.56. The normalized spacial score (nSPS) is 26.6. The van der Waals surface area contributed by atoms with Gasteiger partial charge in [0.25, 0.3) is 0 Å². The highest BCUT2D eigenvalue weighted by molar-refractivity contribution is 5.59. The van der Waals surface area contributed by atoms with Crippen LogP contribution in [0.2, 0.25) is 0 Å². The van der Waals surface area contributed by atoms with Gasteiger partial charge in [0, 0.05) is 23.2 Å². The van der Waals surface area contributed by atoms with Crippen molar-refractivity contribution in [3.8, 4) is 0 Å². The summed E-state index contributed by atoms with van der Waals surface area (Å²) < 4.78 is 13.3. The molecule has 0 spiro atoms. The fourth-order valence-corrected chi connectivity index (χ4v) is 1.75. The first-order chi connectivity index (χ1) is 5.70. The van der Waals surface area contributed by atoms with Crippen LogP contribution in [-0.4, -0.2) is 6.04 Å². The number of rotatable bonds is 0. The van der Waals surface area contributed by atoms with Crippen LogP contribution in [-0.2, 0) is 0 Å². The van der Waals surface area contributed by atoms with Gasteiger partial charge in [-0.25, -0.2) is 4.39 Å². The van der Waals surface area contributed by atoms with E-state index in [1.54, 1.807) is 6.07 Å². The lowest BCUT2D eigenvalue weighted by Crippen LogP contribution is -2.13. The van der Waals surface area contributed by atoms with Gasteiger partial charge in [-0.3, -0.25) is 0 Å². The summed E-state index contributed by atoms with van der Waals surface area (Å²) in [5, 5.41) is 3.25. The topological polar surface area (TPSA) is 12.0 Å². The van der Waals surface area contributed by atoms with Crippen LogP contribution in [0.25, 0.3) is 0 Å². The van der Waals surface area contributed by atoms with Crippen molar-refractivity contribution >= 4 is 5.69 Å². The van der Waals surface area contributed by atoms with E-state index in [1.165, 1.54) is 6.07 Å². The average molecular weight is 165 g/mol. The molecule has 2 rings (SSSR count). The van der Waals surface area contributed by atoms with Crippen LogP contribution in [0.15, 0.2) is 18.2 Å². The van der Waals surface area contributed by atoms with Gasteiger partial charge in [0.05, 0.1) is 0 Å². The Morgan fingerprint density at radius 1 is 1.33 bits per heavy atom.